The fourth-order valence-electron chi connectivity index (χ4n) is 3.68. The zero-order valence-electron chi connectivity index (χ0n) is 15.1. The molecule has 0 heterocycles. The largest absolute Gasteiger partial charge is 0.455 e. The molecule has 1 aromatic rings. The van der Waals surface area contributed by atoms with Gasteiger partial charge in [-0.05, 0) is 60.9 Å². The molecule has 0 spiro atoms. The minimum atomic E-state index is -0.515. The molecule has 1 fully saturated rings. The first kappa shape index (κ1) is 18.4. The van der Waals surface area contributed by atoms with Gasteiger partial charge < -0.3 is 4.74 Å². The van der Waals surface area contributed by atoms with Crippen LogP contribution in [0.4, 0.5) is 4.39 Å². The Hall–Kier alpha value is -2.41. The standard InChI is InChI=1S/C22H24FNO2/c1-15-2-4-16(5-3-15)17-6-8-18(9-7-17)22(25)26-20-11-10-19(14-24)21(23)13-12-20/h6-11,15-16,20H,2-5,12-13H2,1H3. The number of esters is 1. The summed E-state index contributed by atoms with van der Waals surface area (Å²) in [7, 11) is 0. The maximum absolute atomic E-state index is 13.7. The molecule has 1 saturated carbocycles. The maximum atomic E-state index is 13.7. The molecule has 0 saturated heterocycles. The van der Waals surface area contributed by atoms with Gasteiger partial charge in [-0.25, -0.2) is 9.18 Å². The van der Waals surface area contributed by atoms with Gasteiger partial charge >= 0.3 is 5.97 Å². The van der Waals surface area contributed by atoms with E-state index in [1.165, 1.54) is 37.3 Å². The van der Waals surface area contributed by atoms with E-state index in [9.17, 15) is 9.18 Å². The molecule has 3 nitrogen and oxygen atoms in total. The van der Waals surface area contributed by atoms with E-state index in [2.05, 4.69) is 6.92 Å². The topological polar surface area (TPSA) is 50.1 Å². The van der Waals surface area contributed by atoms with Crippen LogP contribution in [0.15, 0.2) is 47.8 Å². The Morgan fingerprint density at radius 2 is 1.85 bits per heavy atom. The monoisotopic (exact) mass is 353 g/mol. The molecule has 26 heavy (non-hydrogen) atoms. The first-order valence-electron chi connectivity index (χ1n) is 9.34. The highest BCUT2D eigenvalue weighted by Gasteiger charge is 2.21. The summed E-state index contributed by atoms with van der Waals surface area (Å²) in [4.78, 5) is 12.4. The molecule has 2 aliphatic rings. The summed E-state index contributed by atoms with van der Waals surface area (Å²) in [6.07, 6.45) is 7.85. The van der Waals surface area contributed by atoms with Crippen molar-refractivity contribution < 1.29 is 13.9 Å². The summed E-state index contributed by atoms with van der Waals surface area (Å²) in [6.45, 7) is 2.30. The number of carbonyl (C=O) groups is 1. The fourth-order valence-corrected chi connectivity index (χ4v) is 3.68. The molecule has 136 valence electrons. The summed E-state index contributed by atoms with van der Waals surface area (Å²) in [5, 5.41) is 8.87. The Morgan fingerprint density at radius 1 is 1.15 bits per heavy atom. The molecule has 4 heteroatoms. The van der Waals surface area contributed by atoms with Crippen LogP contribution in [-0.4, -0.2) is 12.1 Å². The Morgan fingerprint density at radius 3 is 2.50 bits per heavy atom. The maximum Gasteiger partial charge on any atom is 0.338 e. The van der Waals surface area contributed by atoms with Crippen LogP contribution < -0.4 is 0 Å². The Balaban J connectivity index is 1.60. The zero-order valence-corrected chi connectivity index (χ0v) is 15.1. The minimum absolute atomic E-state index is 0.00898. The fraction of sp³-hybridized carbons (Fsp3) is 0.455. The van der Waals surface area contributed by atoms with Crippen molar-refractivity contribution in [2.24, 2.45) is 5.92 Å². The summed E-state index contributed by atoms with van der Waals surface area (Å²) in [6, 6.07) is 9.49. The molecule has 0 N–H and O–H groups in total. The number of hydrogen-bond acceptors (Lipinski definition) is 3. The molecule has 2 aliphatic carbocycles. The second-order valence-electron chi connectivity index (χ2n) is 7.35. The average molecular weight is 353 g/mol. The molecule has 1 aromatic carbocycles. The van der Waals surface area contributed by atoms with Crippen LogP contribution in [0.2, 0.25) is 0 Å². The van der Waals surface area contributed by atoms with Crippen LogP contribution in [0.5, 0.6) is 0 Å². The number of benzene rings is 1. The van der Waals surface area contributed by atoms with E-state index >= 15 is 0 Å². The molecule has 0 amide bonds. The second kappa shape index (κ2) is 8.31. The average Bonchev–Trinajstić information content (AvgIpc) is 2.84. The van der Waals surface area contributed by atoms with Crippen molar-refractivity contribution in [1.29, 1.82) is 5.26 Å². The highest BCUT2D eigenvalue weighted by molar-refractivity contribution is 5.89. The minimum Gasteiger partial charge on any atom is -0.455 e. The van der Waals surface area contributed by atoms with Crippen molar-refractivity contribution >= 4 is 5.97 Å². The van der Waals surface area contributed by atoms with E-state index in [1.54, 1.807) is 6.08 Å². The molecule has 0 aliphatic heterocycles. The van der Waals surface area contributed by atoms with Gasteiger partial charge in [-0.15, -0.1) is 0 Å². The van der Waals surface area contributed by atoms with Crippen LogP contribution in [0.3, 0.4) is 0 Å². The van der Waals surface area contributed by atoms with Gasteiger partial charge in [-0.1, -0.05) is 31.9 Å². The number of rotatable bonds is 3. The van der Waals surface area contributed by atoms with Crippen LogP contribution >= 0.6 is 0 Å². The van der Waals surface area contributed by atoms with E-state index in [1.807, 2.05) is 30.3 Å². The molecule has 1 unspecified atom stereocenters. The number of carbonyl (C=O) groups excluding carboxylic acids is 1. The summed E-state index contributed by atoms with van der Waals surface area (Å²) < 4.78 is 19.1. The van der Waals surface area contributed by atoms with Crippen LogP contribution in [-0.2, 0) is 4.74 Å². The number of ether oxygens (including phenoxy) is 1. The predicted octanol–water partition coefficient (Wildman–Crippen LogP) is 5.60. The first-order valence-corrected chi connectivity index (χ1v) is 9.34. The summed E-state index contributed by atoms with van der Waals surface area (Å²) in [5.41, 5.74) is 1.80. The normalized spacial score (nSPS) is 26.1. The lowest BCUT2D eigenvalue weighted by Gasteiger charge is -2.26. The highest BCUT2D eigenvalue weighted by Crippen LogP contribution is 2.35. The van der Waals surface area contributed by atoms with Crippen LogP contribution in [0.1, 0.15) is 67.3 Å². The SMILES string of the molecule is CC1CCC(c2ccc(C(=O)OC3C=CC(C#N)=C(F)CC3)cc2)CC1. The van der Waals surface area contributed by atoms with Crippen molar-refractivity contribution in [2.45, 2.75) is 57.5 Å². The molecule has 0 aromatic heterocycles. The first-order chi connectivity index (χ1) is 12.6. The van der Waals surface area contributed by atoms with Crippen molar-refractivity contribution in [3.63, 3.8) is 0 Å². The number of nitrogens with zero attached hydrogens (tertiary/aromatic N) is 1. The van der Waals surface area contributed by atoms with Gasteiger partial charge in [0.05, 0.1) is 11.1 Å². The second-order valence-corrected chi connectivity index (χ2v) is 7.35. The van der Waals surface area contributed by atoms with Gasteiger partial charge in [-0.3, -0.25) is 0 Å². The molecule has 1 atom stereocenters. The quantitative estimate of drug-likeness (QED) is 0.664. The summed E-state index contributed by atoms with van der Waals surface area (Å²) in [5.74, 6) is 0.534. The van der Waals surface area contributed by atoms with Gasteiger partial charge in [0.25, 0.3) is 0 Å². The molecular formula is C22H24FNO2. The molecular weight excluding hydrogens is 329 g/mol. The third-order valence-corrected chi connectivity index (χ3v) is 5.43. The van der Waals surface area contributed by atoms with Gasteiger partial charge in [0, 0.05) is 6.42 Å². The number of allylic oxidation sites excluding steroid dienone is 3. The molecule has 0 radical (unpaired) electrons. The third-order valence-electron chi connectivity index (χ3n) is 5.43. The van der Waals surface area contributed by atoms with Crippen LogP contribution in [0, 0.1) is 17.2 Å². The van der Waals surface area contributed by atoms with Gasteiger partial charge in [0.1, 0.15) is 18.0 Å². The Bertz CT molecular complexity index is 749. The molecule has 3 rings (SSSR count). The van der Waals surface area contributed by atoms with Crippen molar-refractivity contribution in [3.8, 4) is 6.07 Å². The van der Waals surface area contributed by atoms with E-state index in [4.69, 9.17) is 10.00 Å². The van der Waals surface area contributed by atoms with E-state index in [0.717, 1.165) is 5.92 Å². The van der Waals surface area contributed by atoms with E-state index in [-0.39, 0.29) is 12.0 Å². The number of hydrogen-bond donors (Lipinski definition) is 0. The van der Waals surface area contributed by atoms with Gasteiger partial charge in [-0.2, -0.15) is 5.26 Å². The molecule has 0 bridgehead atoms. The highest BCUT2D eigenvalue weighted by atomic mass is 19.1. The summed E-state index contributed by atoms with van der Waals surface area (Å²) >= 11 is 0. The predicted molar refractivity (Wildman–Crippen MR) is 98.1 cm³/mol. The number of nitriles is 1. The Labute approximate surface area is 154 Å². The lowest BCUT2D eigenvalue weighted by Crippen LogP contribution is -2.16. The zero-order chi connectivity index (χ0) is 18.5. The van der Waals surface area contributed by atoms with E-state index in [0.29, 0.717) is 17.9 Å². The van der Waals surface area contributed by atoms with Crippen molar-refractivity contribution in [2.75, 3.05) is 0 Å². The van der Waals surface area contributed by atoms with Gasteiger partial charge in [0.15, 0.2) is 0 Å². The van der Waals surface area contributed by atoms with Crippen molar-refractivity contribution in [1.82, 2.24) is 0 Å². The third kappa shape index (κ3) is 4.40. The Kier molecular flexibility index (Phi) is 5.88. The number of halogens is 1. The van der Waals surface area contributed by atoms with Crippen LogP contribution in [0.25, 0.3) is 0 Å². The van der Waals surface area contributed by atoms with Gasteiger partial charge in [0.2, 0.25) is 0 Å². The van der Waals surface area contributed by atoms with Crippen molar-refractivity contribution in [3.05, 3.63) is 58.9 Å². The lowest BCUT2D eigenvalue weighted by atomic mass is 9.79. The smallest absolute Gasteiger partial charge is 0.338 e. The lowest BCUT2D eigenvalue weighted by molar-refractivity contribution is 0.0380. The van der Waals surface area contributed by atoms with E-state index < -0.39 is 17.9 Å².